The second-order valence-corrected chi connectivity index (χ2v) is 9.66. The maximum atomic E-state index is 6.57. The van der Waals surface area contributed by atoms with Crippen molar-refractivity contribution in [2.24, 2.45) is 9.98 Å². The van der Waals surface area contributed by atoms with Gasteiger partial charge in [0.1, 0.15) is 5.69 Å². The molecule has 3 nitrogen and oxygen atoms in total. The Morgan fingerprint density at radius 3 is 1.70 bits per heavy atom. The Morgan fingerprint density at radius 1 is 0.727 bits per heavy atom. The van der Waals surface area contributed by atoms with Gasteiger partial charge in [0.2, 0.25) is 0 Å². The molecule has 0 unspecified atom stereocenters. The van der Waals surface area contributed by atoms with Gasteiger partial charge in [0.25, 0.3) is 0 Å². The second-order valence-electron chi connectivity index (χ2n) is 9.26. The number of hydrogen-bond acceptors (Lipinski definition) is 3. The first kappa shape index (κ1) is 24.9. The first-order valence-electron chi connectivity index (χ1n) is 11.6. The smallest absolute Gasteiger partial charge is 0.104 e. The molecule has 0 aliphatic heterocycles. The molecule has 0 N–H and O–H groups in total. The molecule has 0 saturated heterocycles. The molecule has 0 aliphatic rings. The maximum Gasteiger partial charge on any atom is 0.104 e. The van der Waals surface area contributed by atoms with E-state index in [2.05, 4.69) is 77.9 Å². The summed E-state index contributed by atoms with van der Waals surface area (Å²) in [4.78, 5) is 14.8. The van der Waals surface area contributed by atoms with Crippen molar-refractivity contribution in [2.45, 2.75) is 67.2 Å². The summed E-state index contributed by atoms with van der Waals surface area (Å²) >= 11 is 6.57. The molecule has 0 spiro atoms. The predicted octanol–water partition coefficient (Wildman–Crippen LogP) is 8.88. The highest BCUT2D eigenvalue weighted by molar-refractivity contribution is 6.34. The Kier molecular flexibility index (Phi) is 7.86. The van der Waals surface area contributed by atoms with E-state index >= 15 is 0 Å². The van der Waals surface area contributed by atoms with Crippen molar-refractivity contribution in [1.29, 1.82) is 0 Å². The second kappa shape index (κ2) is 10.4. The molecule has 0 amide bonds. The van der Waals surface area contributed by atoms with Gasteiger partial charge in [0, 0.05) is 0 Å². The molecule has 0 bridgehead atoms. The Bertz CT molecular complexity index is 1220. The number of aromatic nitrogens is 1. The number of hydrogen-bond donors (Lipinski definition) is 0. The fraction of sp³-hybridized carbons (Fsp3) is 0.345. The minimum atomic E-state index is 0.379. The van der Waals surface area contributed by atoms with Crippen LogP contribution in [0, 0.1) is 13.8 Å². The van der Waals surface area contributed by atoms with E-state index in [9.17, 15) is 0 Å². The van der Waals surface area contributed by atoms with Gasteiger partial charge in [0.05, 0.1) is 33.5 Å². The standard InChI is InChI=1S/C29H34ClN3/c1-17(2)23-13-9-11-19(5)27(23)31-21(7)26-16-15-25(30)29(33-26)22(8)32-28-20(6)12-10-14-24(28)18(3)4/h9-18H,1-8H3. The van der Waals surface area contributed by atoms with Crippen LogP contribution in [0.1, 0.15) is 87.0 Å². The van der Waals surface area contributed by atoms with Gasteiger partial charge in [-0.05, 0) is 73.9 Å². The number of halogens is 1. The topological polar surface area (TPSA) is 37.6 Å². The van der Waals surface area contributed by atoms with Gasteiger partial charge in [0.15, 0.2) is 0 Å². The van der Waals surface area contributed by atoms with Gasteiger partial charge in [-0.15, -0.1) is 0 Å². The lowest BCUT2D eigenvalue weighted by molar-refractivity contribution is 0.865. The molecule has 1 aromatic heterocycles. The first-order valence-corrected chi connectivity index (χ1v) is 11.9. The van der Waals surface area contributed by atoms with Gasteiger partial charge in [-0.3, -0.25) is 9.98 Å². The molecule has 0 aliphatic carbocycles. The Labute approximate surface area is 203 Å². The Hall–Kier alpha value is -2.78. The highest BCUT2D eigenvalue weighted by Crippen LogP contribution is 2.32. The van der Waals surface area contributed by atoms with E-state index in [0.29, 0.717) is 22.6 Å². The summed E-state index contributed by atoms with van der Waals surface area (Å²) in [6.45, 7) is 16.9. The van der Waals surface area contributed by atoms with E-state index in [1.165, 1.54) is 11.1 Å². The number of aliphatic imine (C=N–C) groups is 2. The van der Waals surface area contributed by atoms with Gasteiger partial charge in [-0.1, -0.05) is 75.7 Å². The molecular weight excluding hydrogens is 426 g/mol. The van der Waals surface area contributed by atoms with Crippen molar-refractivity contribution in [3.05, 3.63) is 87.2 Å². The summed E-state index contributed by atoms with van der Waals surface area (Å²) in [6, 6.07) is 16.5. The van der Waals surface area contributed by atoms with Crippen molar-refractivity contribution >= 4 is 34.4 Å². The summed E-state index contributed by atoms with van der Waals surface area (Å²) in [7, 11) is 0. The number of rotatable bonds is 6. The zero-order valence-electron chi connectivity index (χ0n) is 21.0. The molecule has 0 atom stereocenters. The van der Waals surface area contributed by atoms with E-state index in [-0.39, 0.29) is 0 Å². The summed E-state index contributed by atoms with van der Waals surface area (Å²) in [5.74, 6) is 0.772. The third kappa shape index (κ3) is 5.59. The Balaban J connectivity index is 2.08. The lowest BCUT2D eigenvalue weighted by Gasteiger charge is -2.14. The highest BCUT2D eigenvalue weighted by atomic mass is 35.5. The molecule has 0 saturated carbocycles. The van der Waals surface area contributed by atoms with E-state index in [4.69, 9.17) is 26.6 Å². The monoisotopic (exact) mass is 459 g/mol. The average molecular weight is 460 g/mol. The quantitative estimate of drug-likeness (QED) is 0.339. The van der Waals surface area contributed by atoms with Crippen LogP contribution >= 0.6 is 11.6 Å². The molecule has 0 radical (unpaired) electrons. The molecule has 3 rings (SSSR count). The zero-order chi connectivity index (χ0) is 24.3. The largest absolute Gasteiger partial charge is 0.251 e. The van der Waals surface area contributed by atoms with E-state index < -0.39 is 0 Å². The normalized spacial score (nSPS) is 12.7. The molecule has 1 heterocycles. The van der Waals surface area contributed by atoms with Crippen molar-refractivity contribution < 1.29 is 0 Å². The number of benzene rings is 2. The molecule has 0 fully saturated rings. The van der Waals surface area contributed by atoms with Gasteiger partial charge in [-0.25, -0.2) is 4.98 Å². The summed E-state index contributed by atoms with van der Waals surface area (Å²) in [5.41, 5.74) is 9.93. The molecular formula is C29H34ClN3. The Morgan fingerprint density at radius 2 is 1.21 bits per heavy atom. The van der Waals surface area contributed by atoms with Crippen LogP contribution in [0.3, 0.4) is 0 Å². The number of nitrogens with zero attached hydrogens (tertiary/aromatic N) is 3. The SMILES string of the molecule is CC(=Nc1c(C)cccc1C(C)C)c1ccc(Cl)c(C(C)=Nc2c(C)cccc2C(C)C)n1. The van der Waals surface area contributed by atoms with Crippen LogP contribution in [-0.4, -0.2) is 16.4 Å². The van der Waals surface area contributed by atoms with Crippen LogP contribution in [0.5, 0.6) is 0 Å². The minimum Gasteiger partial charge on any atom is -0.251 e. The predicted molar refractivity (Wildman–Crippen MR) is 144 cm³/mol. The number of aryl methyl sites for hydroxylation is 2. The van der Waals surface area contributed by atoms with Crippen LogP contribution in [-0.2, 0) is 0 Å². The van der Waals surface area contributed by atoms with E-state index in [0.717, 1.165) is 39.6 Å². The van der Waals surface area contributed by atoms with Crippen molar-refractivity contribution in [3.8, 4) is 0 Å². The van der Waals surface area contributed by atoms with Crippen LogP contribution in [0.25, 0.3) is 0 Å². The summed E-state index contributed by atoms with van der Waals surface area (Å²) < 4.78 is 0. The van der Waals surface area contributed by atoms with Crippen LogP contribution in [0.4, 0.5) is 11.4 Å². The van der Waals surface area contributed by atoms with Crippen LogP contribution in [0.2, 0.25) is 5.02 Å². The van der Waals surface area contributed by atoms with Crippen molar-refractivity contribution in [1.82, 2.24) is 4.98 Å². The molecule has 2 aromatic carbocycles. The van der Waals surface area contributed by atoms with Crippen molar-refractivity contribution in [2.75, 3.05) is 0 Å². The lowest BCUT2D eigenvalue weighted by atomic mass is 9.98. The molecule has 33 heavy (non-hydrogen) atoms. The van der Waals surface area contributed by atoms with E-state index in [1.54, 1.807) is 0 Å². The van der Waals surface area contributed by atoms with Gasteiger partial charge < -0.3 is 0 Å². The average Bonchev–Trinajstić information content (AvgIpc) is 2.76. The fourth-order valence-corrected chi connectivity index (χ4v) is 4.19. The van der Waals surface area contributed by atoms with Crippen molar-refractivity contribution in [3.63, 3.8) is 0 Å². The molecule has 3 aromatic rings. The lowest BCUT2D eigenvalue weighted by Crippen LogP contribution is -2.07. The fourth-order valence-electron chi connectivity index (χ4n) is 3.94. The third-order valence-electron chi connectivity index (χ3n) is 5.90. The minimum absolute atomic E-state index is 0.379. The summed E-state index contributed by atoms with van der Waals surface area (Å²) in [5, 5.41) is 0.589. The van der Waals surface area contributed by atoms with Gasteiger partial charge in [-0.2, -0.15) is 0 Å². The third-order valence-corrected chi connectivity index (χ3v) is 6.21. The number of para-hydroxylation sites is 2. The molecule has 172 valence electrons. The molecule has 4 heteroatoms. The van der Waals surface area contributed by atoms with E-state index in [1.807, 2.05) is 26.0 Å². The van der Waals surface area contributed by atoms with Gasteiger partial charge >= 0.3 is 0 Å². The number of pyridine rings is 1. The highest BCUT2D eigenvalue weighted by Gasteiger charge is 2.14. The van der Waals surface area contributed by atoms with Crippen LogP contribution < -0.4 is 0 Å². The zero-order valence-corrected chi connectivity index (χ0v) is 21.7. The first-order chi connectivity index (χ1) is 15.6. The maximum absolute atomic E-state index is 6.57. The summed E-state index contributed by atoms with van der Waals surface area (Å²) in [6.07, 6.45) is 0. The van der Waals surface area contributed by atoms with Crippen LogP contribution in [0.15, 0.2) is 58.5 Å².